The number of ether oxygens (including phenoxy) is 3. The number of nitrogens with one attached hydrogen (secondary N) is 1. The quantitative estimate of drug-likeness (QED) is 0.578. The van der Waals surface area contributed by atoms with Gasteiger partial charge in [-0.15, -0.1) is 0 Å². The molecule has 1 aromatic rings. The molecule has 142 valence electrons. The third-order valence-electron chi connectivity index (χ3n) is 4.15. The molecule has 0 spiro atoms. The third kappa shape index (κ3) is 3.96. The Morgan fingerprint density at radius 2 is 1.77 bits per heavy atom. The van der Waals surface area contributed by atoms with Crippen LogP contribution < -0.4 is 5.32 Å². The molecule has 0 radical (unpaired) electrons. The van der Waals surface area contributed by atoms with Crippen LogP contribution >= 0.6 is 0 Å². The zero-order valence-corrected chi connectivity index (χ0v) is 15.8. The number of aromatic nitrogens is 2. The third-order valence-corrected chi connectivity index (χ3v) is 4.15. The maximum absolute atomic E-state index is 12.8. The van der Waals surface area contributed by atoms with Crippen LogP contribution in [-0.2, 0) is 30.8 Å². The van der Waals surface area contributed by atoms with Gasteiger partial charge in [0.1, 0.15) is 6.61 Å². The zero-order chi connectivity index (χ0) is 19.3. The number of esters is 2. The summed E-state index contributed by atoms with van der Waals surface area (Å²) in [5.41, 5.74) is 2.70. The second-order valence-corrected chi connectivity index (χ2v) is 5.91. The van der Waals surface area contributed by atoms with Crippen molar-refractivity contribution >= 4 is 11.9 Å². The van der Waals surface area contributed by atoms with Crippen molar-refractivity contribution in [2.75, 3.05) is 26.9 Å². The Balaban J connectivity index is 2.50. The number of hydrogen-bond donors (Lipinski definition) is 1. The number of aryl methyl sites for hydroxylation is 1. The molecule has 2 heterocycles. The SMILES string of the molecule is CCOC(=O)C1=C(C)NC(C)=C(C(=O)OCCOC)C1c1cncn1C. The summed E-state index contributed by atoms with van der Waals surface area (Å²) in [6, 6.07) is 0. The average Bonchev–Trinajstić information content (AvgIpc) is 3.00. The van der Waals surface area contributed by atoms with Crippen molar-refractivity contribution in [3.05, 3.63) is 40.8 Å². The summed E-state index contributed by atoms with van der Waals surface area (Å²) in [4.78, 5) is 29.5. The van der Waals surface area contributed by atoms with E-state index in [0.717, 1.165) is 0 Å². The Bertz CT molecular complexity index is 748. The molecule has 1 atom stereocenters. The van der Waals surface area contributed by atoms with Gasteiger partial charge in [-0.1, -0.05) is 0 Å². The van der Waals surface area contributed by atoms with Crippen molar-refractivity contribution < 1.29 is 23.8 Å². The highest BCUT2D eigenvalue weighted by atomic mass is 16.6. The fourth-order valence-electron chi connectivity index (χ4n) is 2.98. The minimum atomic E-state index is -0.627. The van der Waals surface area contributed by atoms with Crippen LogP contribution in [0.5, 0.6) is 0 Å². The minimum Gasteiger partial charge on any atom is -0.463 e. The van der Waals surface area contributed by atoms with Crippen LogP contribution in [-0.4, -0.2) is 48.4 Å². The summed E-state index contributed by atoms with van der Waals surface area (Å²) in [6.07, 6.45) is 3.26. The molecule has 0 bridgehead atoms. The van der Waals surface area contributed by atoms with E-state index in [1.807, 2.05) is 7.05 Å². The molecule has 1 unspecified atom stereocenters. The van der Waals surface area contributed by atoms with E-state index >= 15 is 0 Å². The van der Waals surface area contributed by atoms with Gasteiger partial charge >= 0.3 is 11.9 Å². The van der Waals surface area contributed by atoms with Crippen LogP contribution in [0.4, 0.5) is 0 Å². The first-order chi connectivity index (χ1) is 12.4. The molecule has 1 aromatic heterocycles. The van der Waals surface area contributed by atoms with Crippen molar-refractivity contribution in [2.24, 2.45) is 7.05 Å². The van der Waals surface area contributed by atoms with E-state index in [0.29, 0.717) is 34.8 Å². The number of rotatable bonds is 7. The molecule has 0 amide bonds. The molecule has 26 heavy (non-hydrogen) atoms. The Labute approximate surface area is 152 Å². The highest BCUT2D eigenvalue weighted by molar-refractivity contribution is 5.99. The fourth-order valence-corrected chi connectivity index (χ4v) is 2.98. The molecule has 8 heteroatoms. The first kappa shape index (κ1) is 19.7. The Morgan fingerprint density at radius 1 is 1.15 bits per heavy atom. The van der Waals surface area contributed by atoms with Crippen molar-refractivity contribution in [2.45, 2.75) is 26.7 Å². The predicted octanol–water partition coefficient (Wildman–Crippen LogP) is 1.41. The number of dihydropyridines is 1. The lowest BCUT2D eigenvalue weighted by Gasteiger charge is -2.30. The summed E-state index contributed by atoms with van der Waals surface area (Å²) in [5, 5.41) is 3.10. The normalized spacial score (nSPS) is 17.2. The van der Waals surface area contributed by atoms with Crippen molar-refractivity contribution in [1.29, 1.82) is 0 Å². The lowest BCUT2D eigenvalue weighted by Crippen LogP contribution is -2.33. The summed E-state index contributed by atoms with van der Waals surface area (Å²) in [7, 11) is 3.34. The molecular weight excluding hydrogens is 338 g/mol. The van der Waals surface area contributed by atoms with Crippen molar-refractivity contribution in [1.82, 2.24) is 14.9 Å². The summed E-state index contributed by atoms with van der Waals surface area (Å²) >= 11 is 0. The maximum atomic E-state index is 12.8. The number of hydrogen-bond acceptors (Lipinski definition) is 7. The molecule has 0 aromatic carbocycles. The molecule has 0 saturated heterocycles. The van der Waals surface area contributed by atoms with Gasteiger partial charge in [0.25, 0.3) is 0 Å². The number of allylic oxidation sites excluding steroid dienone is 2. The molecule has 2 rings (SSSR count). The molecule has 0 fully saturated rings. The van der Waals surface area contributed by atoms with E-state index in [9.17, 15) is 9.59 Å². The highest BCUT2D eigenvalue weighted by Crippen LogP contribution is 2.38. The molecule has 1 aliphatic rings. The summed E-state index contributed by atoms with van der Waals surface area (Å²) < 4.78 is 17.2. The van der Waals surface area contributed by atoms with Gasteiger partial charge in [0.05, 0.1) is 36.6 Å². The van der Waals surface area contributed by atoms with Crippen LogP contribution in [0.15, 0.2) is 35.1 Å². The number of methoxy groups -OCH3 is 1. The molecule has 1 aliphatic heterocycles. The second-order valence-electron chi connectivity index (χ2n) is 5.91. The smallest absolute Gasteiger partial charge is 0.336 e. The van der Waals surface area contributed by atoms with E-state index in [1.54, 1.807) is 37.9 Å². The first-order valence-corrected chi connectivity index (χ1v) is 8.40. The van der Waals surface area contributed by atoms with E-state index in [4.69, 9.17) is 14.2 Å². The van der Waals surface area contributed by atoms with Crippen LogP contribution in [0.2, 0.25) is 0 Å². The van der Waals surface area contributed by atoms with Gasteiger partial charge in [0.2, 0.25) is 0 Å². The number of nitrogens with zero attached hydrogens (tertiary/aromatic N) is 2. The lowest BCUT2D eigenvalue weighted by atomic mass is 9.83. The Hall–Kier alpha value is -2.61. The molecular formula is C18H25N3O5. The average molecular weight is 363 g/mol. The van der Waals surface area contributed by atoms with Crippen LogP contribution in [0.1, 0.15) is 32.4 Å². The Morgan fingerprint density at radius 3 is 2.27 bits per heavy atom. The van der Waals surface area contributed by atoms with E-state index in [-0.39, 0.29) is 13.2 Å². The summed E-state index contributed by atoms with van der Waals surface area (Å²) in [6.45, 7) is 5.96. The van der Waals surface area contributed by atoms with Gasteiger partial charge in [-0.25, -0.2) is 14.6 Å². The topological polar surface area (TPSA) is 91.7 Å². The van der Waals surface area contributed by atoms with Crippen LogP contribution in [0, 0.1) is 0 Å². The predicted molar refractivity (Wildman–Crippen MR) is 94.0 cm³/mol. The fraction of sp³-hybridized carbons (Fsp3) is 0.500. The Kier molecular flexibility index (Phi) is 6.57. The largest absolute Gasteiger partial charge is 0.463 e. The summed E-state index contributed by atoms with van der Waals surface area (Å²) in [5.74, 6) is -1.61. The molecule has 0 aliphatic carbocycles. The van der Waals surface area contributed by atoms with Crippen molar-refractivity contribution in [3.8, 4) is 0 Å². The van der Waals surface area contributed by atoms with Gasteiger partial charge in [0, 0.05) is 37.4 Å². The van der Waals surface area contributed by atoms with E-state index < -0.39 is 17.9 Å². The maximum Gasteiger partial charge on any atom is 0.336 e. The van der Waals surface area contributed by atoms with Crippen molar-refractivity contribution in [3.63, 3.8) is 0 Å². The zero-order valence-electron chi connectivity index (χ0n) is 15.8. The van der Waals surface area contributed by atoms with E-state index in [1.165, 1.54) is 7.11 Å². The second kappa shape index (κ2) is 8.66. The van der Waals surface area contributed by atoms with E-state index in [2.05, 4.69) is 10.3 Å². The standard InChI is InChI=1S/C18H25N3O5/c1-6-25-17(22)14-11(2)20-12(3)15(18(23)26-8-7-24-5)16(14)13-9-19-10-21(13)4/h9-10,16,20H,6-8H2,1-5H3. The highest BCUT2D eigenvalue weighted by Gasteiger charge is 2.39. The van der Waals surface area contributed by atoms with Gasteiger partial charge in [-0.2, -0.15) is 0 Å². The lowest BCUT2D eigenvalue weighted by molar-refractivity contribution is -0.140. The number of carbonyl (C=O) groups is 2. The van der Waals surface area contributed by atoms with Gasteiger partial charge in [0.15, 0.2) is 0 Å². The van der Waals surface area contributed by atoms with Crippen LogP contribution in [0.25, 0.3) is 0 Å². The minimum absolute atomic E-state index is 0.127. The van der Waals surface area contributed by atoms with Gasteiger partial charge in [-0.05, 0) is 20.8 Å². The molecule has 8 nitrogen and oxygen atoms in total. The number of carbonyl (C=O) groups excluding carboxylic acids is 2. The first-order valence-electron chi connectivity index (χ1n) is 8.40. The van der Waals surface area contributed by atoms with Gasteiger partial charge < -0.3 is 24.1 Å². The monoisotopic (exact) mass is 363 g/mol. The van der Waals surface area contributed by atoms with Crippen LogP contribution in [0.3, 0.4) is 0 Å². The molecule has 1 N–H and O–H groups in total. The molecule has 0 saturated carbocycles. The van der Waals surface area contributed by atoms with Gasteiger partial charge in [-0.3, -0.25) is 0 Å². The number of imidazole rings is 1.